The fourth-order valence-corrected chi connectivity index (χ4v) is 1.32. The standard InChI is InChI=1S/C13H17NO2/c1-13(2,3)11-6-4-5-10(9-11)7-8-12(15)14-16/h4-9,16H,1-3H3,(H,14,15)/b8-7+. The molecule has 0 saturated heterocycles. The number of rotatable bonds is 2. The third kappa shape index (κ3) is 3.51. The number of hydroxylamine groups is 1. The monoisotopic (exact) mass is 219 g/mol. The number of nitrogens with one attached hydrogen (secondary N) is 1. The lowest BCUT2D eigenvalue weighted by atomic mass is 9.86. The number of carbonyl (C=O) groups is 1. The van der Waals surface area contributed by atoms with E-state index in [0.717, 1.165) is 5.56 Å². The molecule has 0 heterocycles. The van der Waals surface area contributed by atoms with Crippen molar-refractivity contribution in [1.29, 1.82) is 0 Å². The van der Waals surface area contributed by atoms with Crippen LogP contribution < -0.4 is 5.48 Å². The lowest BCUT2D eigenvalue weighted by Gasteiger charge is -2.19. The molecule has 2 N–H and O–H groups in total. The van der Waals surface area contributed by atoms with Crippen molar-refractivity contribution in [2.75, 3.05) is 0 Å². The molecule has 86 valence electrons. The third-order valence-corrected chi connectivity index (χ3v) is 2.29. The molecular weight excluding hydrogens is 202 g/mol. The zero-order valence-electron chi connectivity index (χ0n) is 9.82. The largest absolute Gasteiger partial charge is 0.288 e. The van der Waals surface area contributed by atoms with Gasteiger partial charge in [-0.1, -0.05) is 45.0 Å². The molecule has 0 radical (unpaired) electrons. The maximum absolute atomic E-state index is 10.8. The SMILES string of the molecule is CC(C)(C)c1cccc(/C=C/C(=O)NO)c1. The Labute approximate surface area is 95.8 Å². The molecule has 0 aliphatic rings. The minimum atomic E-state index is -0.527. The molecule has 3 heteroatoms. The molecule has 1 amide bonds. The molecule has 16 heavy (non-hydrogen) atoms. The molecule has 0 spiro atoms. The van der Waals surface area contributed by atoms with Crippen LogP contribution in [0.25, 0.3) is 6.08 Å². The molecule has 0 unspecified atom stereocenters. The van der Waals surface area contributed by atoms with Gasteiger partial charge in [0.25, 0.3) is 5.91 Å². The number of benzene rings is 1. The molecule has 0 aliphatic carbocycles. The van der Waals surface area contributed by atoms with Gasteiger partial charge in [0.15, 0.2) is 0 Å². The van der Waals surface area contributed by atoms with E-state index in [1.807, 2.05) is 18.2 Å². The maximum atomic E-state index is 10.8. The average molecular weight is 219 g/mol. The first-order chi connectivity index (χ1) is 7.43. The van der Waals surface area contributed by atoms with E-state index >= 15 is 0 Å². The molecule has 1 aromatic rings. The smallest absolute Gasteiger partial charge is 0.267 e. The summed E-state index contributed by atoms with van der Waals surface area (Å²) in [6.07, 6.45) is 2.96. The lowest BCUT2D eigenvalue weighted by molar-refractivity contribution is -0.124. The van der Waals surface area contributed by atoms with Gasteiger partial charge in [-0.15, -0.1) is 0 Å². The summed E-state index contributed by atoms with van der Waals surface area (Å²) in [5.74, 6) is -0.527. The number of hydrogen-bond donors (Lipinski definition) is 2. The third-order valence-electron chi connectivity index (χ3n) is 2.29. The molecule has 1 aromatic carbocycles. The van der Waals surface area contributed by atoms with Crippen molar-refractivity contribution in [3.05, 3.63) is 41.5 Å². The van der Waals surface area contributed by atoms with E-state index in [0.29, 0.717) is 0 Å². The fourth-order valence-electron chi connectivity index (χ4n) is 1.32. The predicted octanol–water partition coefficient (Wildman–Crippen LogP) is 2.50. The van der Waals surface area contributed by atoms with Crippen LogP contribution in [0.1, 0.15) is 31.9 Å². The Morgan fingerprint density at radius 2 is 2.06 bits per heavy atom. The number of carbonyl (C=O) groups excluding carboxylic acids is 1. The summed E-state index contributed by atoms with van der Waals surface area (Å²) in [6, 6.07) is 7.96. The van der Waals surface area contributed by atoms with E-state index in [2.05, 4.69) is 26.8 Å². The van der Waals surface area contributed by atoms with Crippen molar-refractivity contribution in [2.45, 2.75) is 26.2 Å². The summed E-state index contributed by atoms with van der Waals surface area (Å²) in [5, 5.41) is 8.35. The first-order valence-electron chi connectivity index (χ1n) is 5.16. The highest BCUT2D eigenvalue weighted by molar-refractivity contribution is 5.90. The molecular formula is C13H17NO2. The van der Waals surface area contributed by atoms with Crippen LogP contribution in [0.5, 0.6) is 0 Å². The molecule has 3 nitrogen and oxygen atoms in total. The van der Waals surface area contributed by atoms with Gasteiger partial charge < -0.3 is 0 Å². The molecule has 0 aromatic heterocycles. The van der Waals surface area contributed by atoms with Gasteiger partial charge in [0, 0.05) is 6.08 Å². The Balaban J connectivity index is 2.91. The minimum absolute atomic E-state index is 0.0864. The molecule has 1 rings (SSSR count). The first kappa shape index (κ1) is 12.5. The fraction of sp³-hybridized carbons (Fsp3) is 0.308. The lowest BCUT2D eigenvalue weighted by Crippen LogP contribution is -2.14. The Hall–Kier alpha value is -1.61. The van der Waals surface area contributed by atoms with Gasteiger partial charge in [-0.3, -0.25) is 10.0 Å². The Bertz CT molecular complexity index is 403. The Kier molecular flexibility index (Phi) is 3.85. The van der Waals surface area contributed by atoms with E-state index < -0.39 is 5.91 Å². The molecule has 0 fully saturated rings. The highest BCUT2D eigenvalue weighted by atomic mass is 16.5. The quantitative estimate of drug-likeness (QED) is 0.456. The van der Waals surface area contributed by atoms with Crippen LogP contribution in [0, 0.1) is 0 Å². The van der Waals surface area contributed by atoms with Gasteiger partial charge in [-0.2, -0.15) is 0 Å². The van der Waals surface area contributed by atoms with Crippen LogP contribution in [-0.4, -0.2) is 11.1 Å². The van der Waals surface area contributed by atoms with Gasteiger partial charge in [0.05, 0.1) is 0 Å². The van der Waals surface area contributed by atoms with Crippen LogP contribution in [0.3, 0.4) is 0 Å². The molecule has 0 atom stereocenters. The van der Waals surface area contributed by atoms with Crippen LogP contribution in [0.2, 0.25) is 0 Å². The molecule has 0 saturated carbocycles. The summed E-state index contributed by atoms with van der Waals surface area (Å²) >= 11 is 0. The minimum Gasteiger partial charge on any atom is -0.288 e. The van der Waals surface area contributed by atoms with Crippen molar-refractivity contribution in [3.8, 4) is 0 Å². The van der Waals surface area contributed by atoms with Crippen LogP contribution >= 0.6 is 0 Å². The average Bonchev–Trinajstić information content (AvgIpc) is 2.25. The van der Waals surface area contributed by atoms with E-state index in [9.17, 15) is 4.79 Å². The van der Waals surface area contributed by atoms with Gasteiger partial charge in [-0.05, 0) is 22.6 Å². The molecule has 0 bridgehead atoms. The Morgan fingerprint density at radius 1 is 1.38 bits per heavy atom. The summed E-state index contributed by atoms with van der Waals surface area (Å²) in [7, 11) is 0. The highest BCUT2D eigenvalue weighted by Gasteiger charge is 2.12. The van der Waals surface area contributed by atoms with Gasteiger partial charge in [0.1, 0.15) is 0 Å². The topological polar surface area (TPSA) is 49.3 Å². The second-order valence-electron chi connectivity index (χ2n) is 4.68. The van der Waals surface area contributed by atoms with Crippen molar-refractivity contribution in [3.63, 3.8) is 0 Å². The van der Waals surface area contributed by atoms with E-state index in [1.165, 1.54) is 11.6 Å². The summed E-state index contributed by atoms with van der Waals surface area (Å²) in [5.41, 5.74) is 3.79. The summed E-state index contributed by atoms with van der Waals surface area (Å²) in [4.78, 5) is 10.8. The van der Waals surface area contributed by atoms with Crippen molar-refractivity contribution in [2.24, 2.45) is 0 Å². The van der Waals surface area contributed by atoms with Gasteiger partial charge >= 0.3 is 0 Å². The number of amides is 1. The summed E-state index contributed by atoms with van der Waals surface area (Å²) in [6.45, 7) is 6.41. The van der Waals surface area contributed by atoms with E-state index in [1.54, 1.807) is 11.6 Å². The van der Waals surface area contributed by atoms with Crippen molar-refractivity contribution in [1.82, 2.24) is 5.48 Å². The van der Waals surface area contributed by atoms with Crippen molar-refractivity contribution < 1.29 is 10.0 Å². The Morgan fingerprint density at radius 3 is 2.62 bits per heavy atom. The number of hydrogen-bond acceptors (Lipinski definition) is 2. The maximum Gasteiger partial charge on any atom is 0.267 e. The van der Waals surface area contributed by atoms with Gasteiger partial charge in [-0.25, -0.2) is 5.48 Å². The van der Waals surface area contributed by atoms with E-state index in [-0.39, 0.29) is 5.41 Å². The highest BCUT2D eigenvalue weighted by Crippen LogP contribution is 2.23. The van der Waals surface area contributed by atoms with Crippen LogP contribution in [-0.2, 0) is 10.2 Å². The second-order valence-corrected chi connectivity index (χ2v) is 4.68. The molecule has 0 aliphatic heterocycles. The van der Waals surface area contributed by atoms with Crippen molar-refractivity contribution >= 4 is 12.0 Å². The summed E-state index contributed by atoms with van der Waals surface area (Å²) < 4.78 is 0. The van der Waals surface area contributed by atoms with Crippen LogP contribution in [0.15, 0.2) is 30.3 Å². The second kappa shape index (κ2) is 4.94. The van der Waals surface area contributed by atoms with Gasteiger partial charge in [0.2, 0.25) is 0 Å². The zero-order chi connectivity index (χ0) is 12.2. The normalized spacial score (nSPS) is 11.8. The predicted molar refractivity (Wildman–Crippen MR) is 64.1 cm³/mol. The van der Waals surface area contributed by atoms with Crippen LogP contribution in [0.4, 0.5) is 0 Å². The first-order valence-corrected chi connectivity index (χ1v) is 5.16. The zero-order valence-corrected chi connectivity index (χ0v) is 9.82. The van der Waals surface area contributed by atoms with E-state index in [4.69, 9.17) is 5.21 Å².